The summed E-state index contributed by atoms with van der Waals surface area (Å²) in [6, 6.07) is 3.66. The summed E-state index contributed by atoms with van der Waals surface area (Å²) in [5.41, 5.74) is 3.51. The molecule has 144 valence electrons. The number of amides is 2. The molecule has 3 aromatic heterocycles. The molecule has 1 saturated heterocycles. The monoisotopic (exact) mass is 378 g/mol. The van der Waals surface area contributed by atoms with Gasteiger partial charge in [0.2, 0.25) is 0 Å². The van der Waals surface area contributed by atoms with Crippen LogP contribution in [0.4, 0.5) is 0 Å². The van der Waals surface area contributed by atoms with Crippen molar-refractivity contribution in [1.82, 2.24) is 29.8 Å². The van der Waals surface area contributed by atoms with Gasteiger partial charge in [0.25, 0.3) is 11.8 Å². The number of carbonyl (C=O) groups excluding carboxylic acids is 2. The lowest BCUT2D eigenvalue weighted by Crippen LogP contribution is -2.39. The molecule has 0 bridgehead atoms. The molecule has 0 aromatic carbocycles. The van der Waals surface area contributed by atoms with Crippen LogP contribution in [0.15, 0.2) is 36.9 Å². The van der Waals surface area contributed by atoms with Crippen LogP contribution in [-0.4, -0.2) is 56.4 Å². The molecule has 1 aliphatic heterocycles. The molecule has 1 aliphatic rings. The second-order valence-electron chi connectivity index (χ2n) is 7.10. The maximum Gasteiger partial charge on any atom is 0.259 e. The number of aryl methyl sites for hydroxylation is 1. The summed E-state index contributed by atoms with van der Waals surface area (Å²) < 4.78 is 1.64. The summed E-state index contributed by atoms with van der Waals surface area (Å²) in [5, 5.41) is 6.85. The molecular formula is C20H22N6O2. The van der Waals surface area contributed by atoms with Crippen molar-refractivity contribution in [2.75, 3.05) is 20.1 Å². The Labute approximate surface area is 162 Å². The van der Waals surface area contributed by atoms with E-state index in [9.17, 15) is 9.59 Å². The summed E-state index contributed by atoms with van der Waals surface area (Å²) in [7, 11) is 1.59. The maximum absolute atomic E-state index is 13.1. The highest BCUT2D eigenvalue weighted by Crippen LogP contribution is 2.27. The van der Waals surface area contributed by atoms with Gasteiger partial charge >= 0.3 is 0 Å². The topological polar surface area (TPSA) is 92.5 Å². The molecule has 8 heteroatoms. The zero-order valence-electron chi connectivity index (χ0n) is 15.9. The lowest BCUT2D eigenvalue weighted by molar-refractivity contribution is 0.0707. The van der Waals surface area contributed by atoms with Crippen molar-refractivity contribution in [2.24, 2.45) is 0 Å². The molecule has 1 N–H and O–H groups in total. The number of rotatable bonds is 3. The van der Waals surface area contributed by atoms with Gasteiger partial charge in [-0.25, -0.2) is 9.50 Å². The van der Waals surface area contributed by atoms with Gasteiger partial charge in [0, 0.05) is 50.3 Å². The number of carbonyl (C=O) groups is 2. The van der Waals surface area contributed by atoms with E-state index in [2.05, 4.69) is 20.4 Å². The van der Waals surface area contributed by atoms with E-state index in [0.29, 0.717) is 29.9 Å². The van der Waals surface area contributed by atoms with Crippen LogP contribution in [0.25, 0.3) is 5.65 Å². The fourth-order valence-electron chi connectivity index (χ4n) is 3.62. The fraction of sp³-hybridized carbons (Fsp3) is 0.350. The van der Waals surface area contributed by atoms with E-state index in [1.54, 1.807) is 36.2 Å². The molecule has 3 aromatic rings. The van der Waals surface area contributed by atoms with E-state index < -0.39 is 0 Å². The predicted molar refractivity (Wildman–Crippen MR) is 103 cm³/mol. The Morgan fingerprint density at radius 1 is 1.18 bits per heavy atom. The molecule has 0 aliphatic carbocycles. The Morgan fingerprint density at radius 3 is 2.79 bits per heavy atom. The lowest BCUT2D eigenvalue weighted by Gasteiger charge is -2.32. The normalized spacial score (nSPS) is 16.9. The summed E-state index contributed by atoms with van der Waals surface area (Å²) in [6.45, 7) is 3.23. The largest absolute Gasteiger partial charge is 0.355 e. The molecule has 2 amide bonds. The number of pyridine rings is 1. The van der Waals surface area contributed by atoms with Crippen molar-refractivity contribution in [3.8, 4) is 0 Å². The van der Waals surface area contributed by atoms with Gasteiger partial charge in [-0.15, -0.1) is 0 Å². The van der Waals surface area contributed by atoms with Crippen LogP contribution in [0.5, 0.6) is 0 Å². The molecule has 1 atom stereocenters. The number of nitrogens with one attached hydrogen (secondary N) is 1. The highest BCUT2D eigenvalue weighted by Gasteiger charge is 2.28. The highest BCUT2D eigenvalue weighted by molar-refractivity contribution is 5.99. The van der Waals surface area contributed by atoms with E-state index in [4.69, 9.17) is 0 Å². The van der Waals surface area contributed by atoms with E-state index in [1.165, 1.54) is 0 Å². The van der Waals surface area contributed by atoms with Crippen LogP contribution in [0.1, 0.15) is 50.7 Å². The van der Waals surface area contributed by atoms with Crippen LogP contribution in [-0.2, 0) is 0 Å². The first-order chi connectivity index (χ1) is 13.6. The summed E-state index contributed by atoms with van der Waals surface area (Å²) in [6.07, 6.45) is 8.64. The van der Waals surface area contributed by atoms with Gasteiger partial charge in [0.1, 0.15) is 5.56 Å². The minimum absolute atomic E-state index is 0.0574. The van der Waals surface area contributed by atoms with Crippen molar-refractivity contribution in [1.29, 1.82) is 0 Å². The zero-order valence-corrected chi connectivity index (χ0v) is 15.9. The van der Waals surface area contributed by atoms with Gasteiger partial charge in [0.15, 0.2) is 5.65 Å². The summed E-state index contributed by atoms with van der Waals surface area (Å²) in [4.78, 5) is 35.4. The van der Waals surface area contributed by atoms with E-state index in [-0.39, 0.29) is 17.7 Å². The first kappa shape index (κ1) is 18.1. The molecule has 0 radical (unpaired) electrons. The molecule has 8 nitrogen and oxygen atoms in total. The molecule has 4 rings (SSSR count). The van der Waals surface area contributed by atoms with Crippen LogP contribution in [0.3, 0.4) is 0 Å². The molecule has 28 heavy (non-hydrogen) atoms. The molecule has 4 heterocycles. The standard InChI is InChI=1S/C20H22N6O2/c1-13-8-23-18-16(10-24-26(18)11-13)20(28)25-7-3-4-15(12-25)17-6-5-14(9-22-17)19(27)21-2/h5-6,8-11,15H,3-4,7,12H2,1-2H3,(H,21,27)/t15-/m0/s1. The molecule has 0 spiro atoms. The summed E-state index contributed by atoms with van der Waals surface area (Å²) >= 11 is 0. The lowest BCUT2D eigenvalue weighted by atomic mass is 9.93. The smallest absolute Gasteiger partial charge is 0.259 e. The van der Waals surface area contributed by atoms with Gasteiger partial charge in [0.05, 0.1) is 11.8 Å². The molecular weight excluding hydrogens is 356 g/mol. The Morgan fingerprint density at radius 2 is 2.04 bits per heavy atom. The van der Waals surface area contributed by atoms with E-state index in [1.807, 2.05) is 24.1 Å². The third-order valence-electron chi connectivity index (χ3n) is 5.12. The highest BCUT2D eigenvalue weighted by atomic mass is 16.2. The van der Waals surface area contributed by atoms with Crippen molar-refractivity contribution in [2.45, 2.75) is 25.7 Å². The second kappa shape index (κ2) is 7.38. The molecule has 1 fully saturated rings. The van der Waals surface area contributed by atoms with Crippen molar-refractivity contribution in [3.63, 3.8) is 0 Å². The second-order valence-corrected chi connectivity index (χ2v) is 7.10. The maximum atomic E-state index is 13.1. The van der Waals surface area contributed by atoms with Gasteiger partial charge < -0.3 is 10.2 Å². The molecule has 0 unspecified atom stereocenters. The van der Waals surface area contributed by atoms with Gasteiger partial charge in [-0.3, -0.25) is 14.6 Å². The average Bonchev–Trinajstić information content (AvgIpc) is 3.15. The van der Waals surface area contributed by atoms with E-state index in [0.717, 1.165) is 24.1 Å². The SMILES string of the molecule is CNC(=O)c1ccc([C@H]2CCCN(C(=O)c3cnn4cc(C)cnc34)C2)nc1. The van der Waals surface area contributed by atoms with Crippen molar-refractivity contribution in [3.05, 3.63) is 59.3 Å². The third kappa shape index (κ3) is 3.33. The van der Waals surface area contributed by atoms with Gasteiger partial charge in [-0.05, 0) is 37.5 Å². The first-order valence-electron chi connectivity index (χ1n) is 9.34. The fourth-order valence-corrected chi connectivity index (χ4v) is 3.62. The van der Waals surface area contributed by atoms with Gasteiger partial charge in [-0.2, -0.15) is 5.10 Å². The number of nitrogens with zero attached hydrogens (tertiary/aromatic N) is 5. The zero-order chi connectivity index (χ0) is 19.7. The van der Waals surface area contributed by atoms with Crippen LogP contribution >= 0.6 is 0 Å². The Bertz CT molecular complexity index is 1030. The third-order valence-corrected chi connectivity index (χ3v) is 5.12. The number of piperidine rings is 1. The number of fused-ring (bicyclic) bond motifs is 1. The van der Waals surface area contributed by atoms with Crippen LogP contribution in [0, 0.1) is 6.92 Å². The van der Waals surface area contributed by atoms with Crippen molar-refractivity contribution < 1.29 is 9.59 Å². The van der Waals surface area contributed by atoms with Crippen molar-refractivity contribution >= 4 is 17.5 Å². The van der Waals surface area contributed by atoms with Gasteiger partial charge in [-0.1, -0.05) is 0 Å². The Kier molecular flexibility index (Phi) is 4.77. The van der Waals surface area contributed by atoms with E-state index >= 15 is 0 Å². The number of likely N-dealkylation sites (tertiary alicyclic amines) is 1. The van der Waals surface area contributed by atoms with Crippen LogP contribution in [0.2, 0.25) is 0 Å². The Hall–Kier alpha value is -3.29. The summed E-state index contributed by atoms with van der Waals surface area (Å²) in [5.74, 6) is -0.0677. The first-order valence-corrected chi connectivity index (χ1v) is 9.34. The Balaban J connectivity index is 1.53. The predicted octanol–water partition coefficient (Wildman–Crippen LogP) is 1.81. The van der Waals surface area contributed by atoms with Crippen LogP contribution < -0.4 is 5.32 Å². The average molecular weight is 378 g/mol. The minimum atomic E-state index is -0.157. The number of hydrogen-bond acceptors (Lipinski definition) is 5. The minimum Gasteiger partial charge on any atom is -0.355 e. The quantitative estimate of drug-likeness (QED) is 0.750. The number of aromatic nitrogens is 4. The molecule has 0 saturated carbocycles. The number of hydrogen-bond donors (Lipinski definition) is 1.